The molecule has 0 atom stereocenters. The number of nitrogen functional groups attached to an aromatic ring is 1. The first-order chi connectivity index (χ1) is 14.1. The number of likely N-dealkylation sites (tertiary alicyclic amines) is 1. The molecule has 0 radical (unpaired) electrons. The van der Waals surface area contributed by atoms with Gasteiger partial charge in [-0.3, -0.25) is 4.79 Å². The molecule has 3 aromatic rings. The maximum absolute atomic E-state index is 12.8. The van der Waals surface area contributed by atoms with E-state index in [0.717, 1.165) is 60.2 Å². The number of pyridine rings is 1. The summed E-state index contributed by atoms with van der Waals surface area (Å²) in [6.45, 7) is 3.75. The molecule has 3 N–H and O–H groups in total. The van der Waals surface area contributed by atoms with Crippen molar-refractivity contribution < 1.29 is 9.90 Å². The molecule has 1 fully saturated rings. The van der Waals surface area contributed by atoms with Gasteiger partial charge in [0.25, 0.3) is 5.91 Å². The molecule has 5 heteroatoms. The van der Waals surface area contributed by atoms with Gasteiger partial charge < -0.3 is 15.7 Å². The number of aromatic hydroxyl groups is 1. The van der Waals surface area contributed by atoms with Gasteiger partial charge >= 0.3 is 0 Å². The molecule has 1 aliphatic heterocycles. The van der Waals surface area contributed by atoms with Crippen molar-refractivity contribution in [2.24, 2.45) is 0 Å². The highest BCUT2D eigenvalue weighted by Gasteiger charge is 2.21. The Labute approximate surface area is 170 Å². The summed E-state index contributed by atoms with van der Waals surface area (Å²) in [6.07, 6.45) is 4.70. The zero-order valence-electron chi connectivity index (χ0n) is 16.6. The molecule has 0 saturated carbocycles. The molecule has 1 saturated heterocycles. The van der Waals surface area contributed by atoms with Crippen molar-refractivity contribution in [1.82, 2.24) is 9.88 Å². The Morgan fingerprint density at radius 2 is 1.83 bits per heavy atom. The number of benzene rings is 2. The van der Waals surface area contributed by atoms with E-state index in [1.165, 1.54) is 0 Å². The van der Waals surface area contributed by atoms with E-state index in [1.807, 2.05) is 41.3 Å². The standard InChI is InChI=1S/C24H25N3O2/c1-2-20-21(15-26-23(25)22(20)16-8-10-19(28)11-9-16)17-6-5-7-18(14-17)24(29)27-12-3-4-13-27/h5-11,14-15,28H,2-4,12-13H2,1H3,(H2,25,26). The normalized spacial score (nSPS) is 13.6. The van der Waals surface area contributed by atoms with Gasteiger partial charge in [0, 0.05) is 36.0 Å². The van der Waals surface area contributed by atoms with Gasteiger partial charge in [0.05, 0.1) is 0 Å². The number of nitrogens with zero attached hydrogens (tertiary/aromatic N) is 2. The molecule has 1 aromatic heterocycles. The van der Waals surface area contributed by atoms with E-state index in [4.69, 9.17) is 5.73 Å². The molecule has 0 spiro atoms. The van der Waals surface area contributed by atoms with E-state index in [0.29, 0.717) is 11.4 Å². The third-order valence-electron chi connectivity index (χ3n) is 5.54. The molecule has 4 rings (SSSR count). The Bertz CT molecular complexity index is 1040. The van der Waals surface area contributed by atoms with Gasteiger partial charge in [0.2, 0.25) is 0 Å². The summed E-state index contributed by atoms with van der Waals surface area (Å²) < 4.78 is 0. The molecular weight excluding hydrogens is 362 g/mol. The Kier molecular flexibility index (Phi) is 5.21. The van der Waals surface area contributed by atoms with Crippen LogP contribution in [0.2, 0.25) is 0 Å². The topological polar surface area (TPSA) is 79.5 Å². The van der Waals surface area contributed by atoms with Crippen LogP contribution in [0.15, 0.2) is 54.7 Å². The minimum Gasteiger partial charge on any atom is -0.508 e. The van der Waals surface area contributed by atoms with Crippen molar-refractivity contribution in [3.63, 3.8) is 0 Å². The number of carbonyl (C=O) groups excluding carboxylic acids is 1. The lowest BCUT2D eigenvalue weighted by atomic mass is 9.91. The second-order valence-electron chi connectivity index (χ2n) is 7.39. The van der Waals surface area contributed by atoms with Crippen molar-refractivity contribution in [1.29, 1.82) is 0 Å². The van der Waals surface area contributed by atoms with Crippen LogP contribution in [-0.4, -0.2) is 34.0 Å². The molecular formula is C24H25N3O2. The fourth-order valence-corrected chi connectivity index (χ4v) is 4.05. The van der Waals surface area contributed by atoms with E-state index >= 15 is 0 Å². The number of anilines is 1. The minimum atomic E-state index is 0.0876. The van der Waals surface area contributed by atoms with E-state index < -0.39 is 0 Å². The molecule has 0 bridgehead atoms. The number of hydrogen-bond acceptors (Lipinski definition) is 4. The quantitative estimate of drug-likeness (QED) is 0.691. The van der Waals surface area contributed by atoms with Crippen LogP contribution >= 0.6 is 0 Å². The van der Waals surface area contributed by atoms with Crippen LogP contribution in [0.25, 0.3) is 22.3 Å². The van der Waals surface area contributed by atoms with Crippen LogP contribution in [0.5, 0.6) is 5.75 Å². The lowest BCUT2D eigenvalue weighted by Gasteiger charge is -2.18. The first-order valence-electron chi connectivity index (χ1n) is 10.0. The Morgan fingerprint density at radius 1 is 1.10 bits per heavy atom. The molecule has 0 aliphatic carbocycles. The van der Waals surface area contributed by atoms with E-state index in [2.05, 4.69) is 11.9 Å². The second-order valence-corrected chi connectivity index (χ2v) is 7.39. The molecule has 1 aliphatic rings. The first kappa shape index (κ1) is 19.0. The molecule has 1 amide bonds. The lowest BCUT2D eigenvalue weighted by molar-refractivity contribution is 0.0793. The number of rotatable bonds is 4. The van der Waals surface area contributed by atoms with Crippen LogP contribution < -0.4 is 5.73 Å². The molecule has 5 nitrogen and oxygen atoms in total. The number of hydrogen-bond donors (Lipinski definition) is 2. The highest BCUT2D eigenvalue weighted by atomic mass is 16.3. The van der Waals surface area contributed by atoms with Crippen LogP contribution in [0, 0.1) is 0 Å². The maximum Gasteiger partial charge on any atom is 0.253 e. The summed E-state index contributed by atoms with van der Waals surface area (Å²) in [4.78, 5) is 19.2. The number of aromatic nitrogens is 1. The lowest BCUT2D eigenvalue weighted by Crippen LogP contribution is -2.27. The van der Waals surface area contributed by atoms with Crippen molar-refractivity contribution in [2.45, 2.75) is 26.2 Å². The molecule has 148 valence electrons. The summed E-state index contributed by atoms with van der Waals surface area (Å²) in [5.74, 6) is 0.757. The molecule has 0 unspecified atom stereocenters. The molecule has 2 heterocycles. The van der Waals surface area contributed by atoms with Gasteiger partial charge in [0.15, 0.2) is 0 Å². The monoisotopic (exact) mass is 387 g/mol. The van der Waals surface area contributed by atoms with Crippen LogP contribution in [-0.2, 0) is 6.42 Å². The molecule has 2 aromatic carbocycles. The predicted molar refractivity (Wildman–Crippen MR) is 116 cm³/mol. The van der Waals surface area contributed by atoms with Crippen molar-refractivity contribution in [3.8, 4) is 28.0 Å². The fraction of sp³-hybridized carbons (Fsp3) is 0.250. The SMILES string of the molecule is CCc1c(-c2cccc(C(=O)N3CCCC3)c2)cnc(N)c1-c1ccc(O)cc1. The van der Waals surface area contributed by atoms with Gasteiger partial charge in [-0.2, -0.15) is 0 Å². The largest absolute Gasteiger partial charge is 0.508 e. The number of carbonyl (C=O) groups is 1. The summed E-state index contributed by atoms with van der Waals surface area (Å²) in [5.41, 5.74) is 11.7. The van der Waals surface area contributed by atoms with Gasteiger partial charge in [-0.25, -0.2) is 4.98 Å². The summed E-state index contributed by atoms with van der Waals surface area (Å²) in [6, 6.07) is 14.8. The van der Waals surface area contributed by atoms with E-state index in [9.17, 15) is 9.90 Å². The Morgan fingerprint density at radius 3 is 2.52 bits per heavy atom. The summed E-state index contributed by atoms with van der Waals surface area (Å²) >= 11 is 0. The van der Waals surface area contributed by atoms with Crippen LogP contribution in [0.1, 0.15) is 35.7 Å². The number of amides is 1. The first-order valence-corrected chi connectivity index (χ1v) is 10.0. The Hall–Kier alpha value is -3.34. The zero-order valence-corrected chi connectivity index (χ0v) is 16.6. The highest BCUT2D eigenvalue weighted by Crippen LogP contribution is 2.36. The average Bonchev–Trinajstić information content (AvgIpc) is 3.28. The molecule has 29 heavy (non-hydrogen) atoms. The van der Waals surface area contributed by atoms with Crippen LogP contribution in [0.3, 0.4) is 0 Å². The summed E-state index contributed by atoms with van der Waals surface area (Å²) in [5, 5.41) is 9.62. The smallest absolute Gasteiger partial charge is 0.253 e. The minimum absolute atomic E-state index is 0.0876. The number of nitrogens with two attached hydrogens (primary N) is 1. The third kappa shape index (κ3) is 3.68. The third-order valence-corrected chi connectivity index (χ3v) is 5.54. The van der Waals surface area contributed by atoms with E-state index in [-0.39, 0.29) is 11.7 Å². The number of phenols is 1. The zero-order chi connectivity index (χ0) is 20.4. The average molecular weight is 387 g/mol. The van der Waals surface area contributed by atoms with Crippen molar-refractivity contribution >= 4 is 11.7 Å². The number of phenolic OH excluding ortho intramolecular Hbond substituents is 1. The second kappa shape index (κ2) is 7.95. The van der Waals surface area contributed by atoms with Crippen molar-refractivity contribution in [2.75, 3.05) is 18.8 Å². The van der Waals surface area contributed by atoms with Gasteiger partial charge in [0.1, 0.15) is 11.6 Å². The van der Waals surface area contributed by atoms with Gasteiger partial charge in [-0.1, -0.05) is 31.2 Å². The summed E-state index contributed by atoms with van der Waals surface area (Å²) in [7, 11) is 0. The Balaban J connectivity index is 1.79. The van der Waals surface area contributed by atoms with Gasteiger partial charge in [-0.05, 0) is 60.2 Å². The predicted octanol–water partition coefficient (Wildman–Crippen LogP) is 4.50. The fourth-order valence-electron chi connectivity index (χ4n) is 4.05. The maximum atomic E-state index is 12.8. The van der Waals surface area contributed by atoms with Crippen molar-refractivity contribution in [3.05, 3.63) is 65.9 Å². The highest BCUT2D eigenvalue weighted by molar-refractivity contribution is 5.96. The van der Waals surface area contributed by atoms with Crippen LogP contribution in [0.4, 0.5) is 5.82 Å². The van der Waals surface area contributed by atoms with Gasteiger partial charge in [-0.15, -0.1) is 0 Å². The van der Waals surface area contributed by atoms with E-state index in [1.54, 1.807) is 18.3 Å².